The third-order valence-corrected chi connectivity index (χ3v) is 7.88. The molecule has 0 saturated heterocycles. The number of nitrogens with zero attached hydrogens (tertiary/aromatic N) is 1. The summed E-state index contributed by atoms with van der Waals surface area (Å²) in [5, 5.41) is 21.9. The molecule has 2 unspecified atom stereocenters. The van der Waals surface area contributed by atoms with E-state index in [1.165, 1.54) is 31.1 Å². The van der Waals surface area contributed by atoms with E-state index in [9.17, 15) is 39.0 Å². The van der Waals surface area contributed by atoms with Crippen LogP contribution in [0.4, 0.5) is 0 Å². The maximum absolute atomic E-state index is 13.6. The van der Waals surface area contributed by atoms with Crippen molar-refractivity contribution in [1.29, 1.82) is 0 Å². The molecule has 180 valence electrons. The van der Waals surface area contributed by atoms with Gasteiger partial charge in [0.2, 0.25) is 5.91 Å². The maximum atomic E-state index is 13.6. The molecule has 11 heteroatoms. The molecule has 4 N–H and O–H groups in total. The zero-order valence-electron chi connectivity index (χ0n) is 18.4. The number of benzene rings is 1. The van der Waals surface area contributed by atoms with E-state index in [0.717, 1.165) is 0 Å². The van der Waals surface area contributed by atoms with E-state index in [1.54, 1.807) is 0 Å². The molecule has 0 aromatic heterocycles. The van der Waals surface area contributed by atoms with Crippen LogP contribution in [0.25, 0.3) is 0 Å². The number of halogens is 1. The normalized spacial score (nSPS) is 32.8. The van der Waals surface area contributed by atoms with E-state index in [1.807, 2.05) is 0 Å². The third-order valence-electron chi connectivity index (χ3n) is 7.37. The van der Waals surface area contributed by atoms with E-state index in [0.29, 0.717) is 5.56 Å². The van der Waals surface area contributed by atoms with Crippen LogP contribution in [0.3, 0.4) is 0 Å². The number of fused-ring (bicyclic) bond motifs is 3. The van der Waals surface area contributed by atoms with Gasteiger partial charge in [-0.3, -0.25) is 33.7 Å². The lowest BCUT2D eigenvalue weighted by atomic mass is 9.52. The van der Waals surface area contributed by atoms with Crippen LogP contribution >= 0.6 is 15.9 Å². The summed E-state index contributed by atoms with van der Waals surface area (Å²) in [6.45, 7) is 0. The Morgan fingerprint density at radius 3 is 2.38 bits per heavy atom. The summed E-state index contributed by atoms with van der Waals surface area (Å²) in [7, 11) is 3.03. The molecule has 6 atom stereocenters. The second-order valence-electron chi connectivity index (χ2n) is 9.33. The van der Waals surface area contributed by atoms with Crippen molar-refractivity contribution in [3.63, 3.8) is 0 Å². The van der Waals surface area contributed by atoms with Gasteiger partial charge in [0.05, 0.1) is 22.9 Å². The molecule has 0 heterocycles. The summed E-state index contributed by atoms with van der Waals surface area (Å²) in [6.07, 6.45) is -0.0181. The van der Waals surface area contributed by atoms with Gasteiger partial charge in [-0.05, 0) is 50.6 Å². The second kappa shape index (κ2) is 8.17. The number of amides is 1. The number of ketones is 5. The van der Waals surface area contributed by atoms with E-state index < -0.39 is 70.1 Å². The van der Waals surface area contributed by atoms with Crippen molar-refractivity contribution < 1.29 is 39.0 Å². The van der Waals surface area contributed by atoms with Gasteiger partial charge in [-0.25, -0.2) is 0 Å². The molecule has 10 nitrogen and oxygen atoms in total. The van der Waals surface area contributed by atoms with E-state index in [2.05, 4.69) is 15.9 Å². The van der Waals surface area contributed by atoms with E-state index >= 15 is 0 Å². The first kappa shape index (κ1) is 24.4. The van der Waals surface area contributed by atoms with Crippen molar-refractivity contribution >= 4 is 50.8 Å². The molecule has 34 heavy (non-hydrogen) atoms. The number of Topliss-reactive ketones (excluding diaryl/α,β-unsaturated/α-hetero) is 5. The van der Waals surface area contributed by atoms with Crippen LogP contribution in [0, 0.1) is 23.7 Å². The molecule has 3 aliphatic carbocycles. The standard InChI is InChI=1S/C23H23BrN2O8/c1-26(2)17-11-6-8-5-10-9(13(28)7-24)3-4-12(27)15(10)18(29)14(8)20(31)23(11,34)21(32)16(19(17)30)22(25)33/h3-4,8,11,14,16-17,27,34H,5-7H2,1-2H3,(H2,25,33)/t8-,11-,14?,16?,17-,23-/m0/s1. The Kier molecular flexibility index (Phi) is 5.86. The van der Waals surface area contributed by atoms with Crippen molar-refractivity contribution in [2.24, 2.45) is 29.4 Å². The molecule has 2 saturated carbocycles. The zero-order valence-corrected chi connectivity index (χ0v) is 20.0. The predicted molar refractivity (Wildman–Crippen MR) is 119 cm³/mol. The topological polar surface area (TPSA) is 172 Å². The van der Waals surface area contributed by atoms with E-state index in [4.69, 9.17) is 5.73 Å². The Labute approximate surface area is 202 Å². The highest BCUT2D eigenvalue weighted by atomic mass is 79.9. The number of aromatic hydroxyl groups is 1. The number of carbonyl (C=O) groups is 6. The van der Waals surface area contributed by atoms with Crippen LogP contribution in [-0.2, 0) is 25.6 Å². The van der Waals surface area contributed by atoms with E-state index in [-0.39, 0.29) is 35.1 Å². The quantitative estimate of drug-likeness (QED) is 0.260. The number of phenols is 1. The molecule has 4 rings (SSSR count). The number of phenolic OH excluding ortho intramolecular Hbond substituents is 1. The highest BCUT2D eigenvalue weighted by molar-refractivity contribution is 9.09. The number of nitrogens with two attached hydrogens (primary N) is 1. The number of hydrogen-bond acceptors (Lipinski definition) is 9. The second-order valence-corrected chi connectivity index (χ2v) is 9.89. The number of alkyl halides is 1. The number of carbonyl (C=O) groups excluding carboxylic acids is 6. The van der Waals surface area contributed by atoms with Gasteiger partial charge in [0.25, 0.3) is 0 Å². The van der Waals surface area contributed by atoms with Gasteiger partial charge in [0.1, 0.15) is 5.75 Å². The predicted octanol–water partition coefficient (Wildman–Crippen LogP) is -0.555. The number of primary amides is 1. The van der Waals surface area contributed by atoms with Gasteiger partial charge in [0, 0.05) is 11.5 Å². The minimum Gasteiger partial charge on any atom is -0.507 e. The van der Waals surface area contributed by atoms with Gasteiger partial charge in [-0.2, -0.15) is 0 Å². The average Bonchev–Trinajstić information content (AvgIpc) is 2.75. The fraction of sp³-hybridized carbons (Fsp3) is 0.478. The molecule has 0 spiro atoms. The first-order valence-electron chi connectivity index (χ1n) is 10.7. The Morgan fingerprint density at radius 1 is 1.18 bits per heavy atom. The lowest BCUT2D eigenvalue weighted by molar-refractivity contribution is -0.181. The van der Waals surface area contributed by atoms with Gasteiger partial charge < -0.3 is 15.9 Å². The van der Waals surface area contributed by atoms with Gasteiger partial charge in [-0.15, -0.1) is 0 Å². The summed E-state index contributed by atoms with van der Waals surface area (Å²) < 4.78 is 0. The first-order chi connectivity index (χ1) is 15.9. The van der Waals surface area contributed by atoms with Crippen molar-refractivity contribution in [2.45, 2.75) is 24.5 Å². The van der Waals surface area contributed by atoms with Crippen LogP contribution in [0.2, 0.25) is 0 Å². The minimum atomic E-state index is -2.77. The molecule has 2 fully saturated rings. The first-order valence-corrected chi connectivity index (χ1v) is 11.8. The molecule has 0 bridgehead atoms. The van der Waals surface area contributed by atoms with Gasteiger partial charge in [0.15, 0.2) is 40.4 Å². The third kappa shape index (κ3) is 3.14. The van der Waals surface area contributed by atoms with Crippen LogP contribution < -0.4 is 5.73 Å². The molecule has 3 aliphatic rings. The summed E-state index contributed by atoms with van der Waals surface area (Å²) in [5.41, 5.74) is 2.83. The lowest BCUT2D eigenvalue weighted by Gasteiger charge is -2.52. The Balaban J connectivity index is 1.89. The maximum Gasteiger partial charge on any atom is 0.235 e. The fourth-order valence-electron chi connectivity index (χ4n) is 5.94. The molecule has 1 aromatic rings. The van der Waals surface area contributed by atoms with Crippen molar-refractivity contribution in [2.75, 3.05) is 19.4 Å². The molecular weight excluding hydrogens is 512 g/mol. The number of aliphatic hydroxyl groups is 1. The Hall–Kier alpha value is -2.76. The molecule has 1 aromatic carbocycles. The summed E-state index contributed by atoms with van der Waals surface area (Å²) in [6, 6.07) is 1.42. The Bertz CT molecular complexity index is 1180. The smallest absolute Gasteiger partial charge is 0.235 e. The summed E-state index contributed by atoms with van der Waals surface area (Å²) in [4.78, 5) is 79.1. The number of likely N-dealkylation sites (N-methyl/N-ethyl adjacent to an activating group) is 1. The molecule has 1 amide bonds. The minimum absolute atomic E-state index is 0.0198. The molecule has 0 radical (unpaired) electrons. The average molecular weight is 535 g/mol. The van der Waals surface area contributed by atoms with Crippen molar-refractivity contribution in [3.05, 3.63) is 28.8 Å². The summed E-state index contributed by atoms with van der Waals surface area (Å²) in [5.74, 6) is -11.5. The number of rotatable bonds is 4. The SMILES string of the molecule is CN(C)[C@@H]1C(=O)C(C(N)=O)C(=O)[C@@]2(O)C(=O)C3C(=O)c4c(O)ccc(C(=O)CBr)c4C[C@H]3C[C@@H]12. The van der Waals surface area contributed by atoms with Crippen LogP contribution in [0.1, 0.15) is 32.7 Å². The van der Waals surface area contributed by atoms with Gasteiger partial charge in [-0.1, -0.05) is 15.9 Å². The van der Waals surface area contributed by atoms with Crippen LogP contribution in [0.5, 0.6) is 5.75 Å². The van der Waals surface area contributed by atoms with Crippen molar-refractivity contribution in [3.8, 4) is 5.75 Å². The monoisotopic (exact) mass is 534 g/mol. The molecular formula is C23H23BrN2O8. The largest absolute Gasteiger partial charge is 0.507 e. The summed E-state index contributed by atoms with van der Waals surface area (Å²) >= 11 is 3.10. The van der Waals surface area contributed by atoms with Gasteiger partial charge >= 0.3 is 0 Å². The number of hydrogen-bond donors (Lipinski definition) is 3. The van der Waals surface area contributed by atoms with Crippen LogP contribution in [-0.4, -0.2) is 81.0 Å². The van der Waals surface area contributed by atoms with Crippen LogP contribution in [0.15, 0.2) is 12.1 Å². The highest BCUT2D eigenvalue weighted by Gasteiger charge is 2.69. The highest BCUT2D eigenvalue weighted by Crippen LogP contribution is 2.51. The molecule has 0 aliphatic heterocycles. The van der Waals surface area contributed by atoms with Crippen molar-refractivity contribution in [1.82, 2.24) is 4.90 Å². The zero-order chi connectivity index (χ0) is 25.3. The lowest BCUT2D eigenvalue weighted by Crippen LogP contribution is -2.74. The fourth-order valence-corrected chi connectivity index (χ4v) is 6.24. The Morgan fingerprint density at radius 2 is 1.82 bits per heavy atom.